The molecule has 2 rings (SSSR count). The van der Waals surface area contributed by atoms with Gasteiger partial charge in [0.1, 0.15) is 5.78 Å². The molecule has 17 heavy (non-hydrogen) atoms. The monoisotopic (exact) mass is 229 g/mol. The van der Waals surface area contributed by atoms with E-state index < -0.39 is 6.10 Å². The van der Waals surface area contributed by atoms with E-state index in [0.29, 0.717) is 12.0 Å². The summed E-state index contributed by atoms with van der Waals surface area (Å²) >= 11 is 0. The first-order valence-corrected chi connectivity index (χ1v) is 5.93. The molecule has 0 spiro atoms. The summed E-state index contributed by atoms with van der Waals surface area (Å²) < 4.78 is 0. The second-order valence-corrected chi connectivity index (χ2v) is 4.50. The van der Waals surface area contributed by atoms with E-state index in [4.69, 9.17) is 5.26 Å². The van der Waals surface area contributed by atoms with Crippen LogP contribution < -0.4 is 0 Å². The van der Waals surface area contributed by atoms with Gasteiger partial charge < -0.3 is 5.11 Å². The third kappa shape index (κ3) is 2.54. The molecule has 0 bridgehead atoms. The van der Waals surface area contributed by atoms with Gasteiger partial charge in [-0.2, -0.15) is 5.26 Å². The number of nitrogens with zero attached hydrogens (tertiary/aromatic N) is 1. The van der Waals surface area contributed by atoms with Crippen LogP contribution in [-0.2, 0) is 4.79 Å². The van der Waals surface area contributed by atoms with E-state index in [1.165, 1.54) is 0 Å². The number of Topliss-reactive ketones (excluding diaryl/α,β-unsaturated/α-hetero) is 1. The lowest BCUT2D eigenvalue weighted by Crippen LogP contribution is -2.25. The van der Waals surface area contributed by atoms with Crippen molar-refractivity contribution in [1.29, 1.82) is 5.26 Å². The van der Waals surface area contributed by atoms with Gasteiger partial charge in [0.05, 0.1) is 17.7 Å². The highest BCUT2D eigenvalue weighted by Gasteiger charge is 2.29. The SMILES string of the molecule is N#Cc1ccc([C@H](O)[C@H]2CCCCC2=O)cc1. The summed E-state index contributed by atoms with van der Waals surface area (Å²) in [5.41, 5.74) is 1.29. The largest absolute Gasteiger partial charge is 0.388 e. The lowest BCUT2D eigenvalue weighted by molar-refractivity contribution is -0.128. The molecule has 0 aliphatic heterocycles. The fourth-order valence-electron chi connectivity index (χ4n) is 2.33. The van der Waals surface area contributed by atoms with E-state index in [2.05, 4.69) is 0 Å². The van der Waals surface area contributed by atoms with E-state index >= 15 is 0 Å². The maximum atomic E-state index is 11.7. The Labute approximate surface area is 101 Å². The van der Waals surface area contributed by atoms with Crippen molar-refractivity contribution >= 4 is 5.78 Å². The second-order valence-electron chi connectivity index (χ2n) is 4.50. The Bertz CT molecular complexity index is 444. The summed E-state index contributed by atoms with van der Waals surface area (Å²) in [5.74, 6) is -0.107. The Morgan fingerprint density at radius 3 is 2.59 bits per heavy atom. The number of hydrogen-bond donors (Lipinski definition) is 1. The van der Waals surface area contributed by atoms with Crippen LogP contribution in [0.2, 0.25) is 0 Å². The Morgan fingerprint density at radius 2 is 2.00 bits per heavy atom. The number of nitriles is 1. The maximum absolute atomic E-state index is 11.7. The van der Waals surface area contributed by atoms with Gasteiger partial charge in [-0.1, -0.05) is 18.6 Å². The highest BCUT2D eigenvalue weighted by Crippen LogP contribution is 2.32. The van der Waals surface area contributed by atoms with E-state index in [-0.39, 0.29) is 11.7 Å². The predicted molar refractivity (Wildman–Crippen MR) is 63.1 cm³/mol. The van der Waals surface area contributed by atoms with E-state index in [0.717, 1.165) is 24.8 Å². The fraction of sp³-hybridized carbons (Fsp3) is 0.429. The van der Waals surface area contributed by atoms with Gasteiger partial charge in [0.2, 0.25) is 0 Å². The van der Waals surface area contributed by atoms with Crippen molar-refractivity contribution in [3.63, 3.8) is 0 Å². The molecule has 0 unspecified atom stereocenters. The molecule has 0 radical (unpaired) electrons. The van der Waals surface area contributed by atoms with E-state index in [1.807, 2.05) is 6.07 Å². The predicted octanol–water partition coefficient (Wildman–Crippen LogP) is 2.35. The second kappa shape index (κ2) is 5.11. The van der Waals surface area contributed by atoms with E-state index in [9.17, 15) is 9.90 Å². The van der Waals surface area contributed by atoms with Crippen LogP contribution in [0.3, 0.4) is 0 Å². The number of carbonyl (C=O) groups is 1. The molecule has 0 aromatic heterocycles. The molecule has 1 saturated carbocycles. The Hall–Kier alpha value is -1.66. The summed E-state index contributed by atoms with van der Waals surface area (Å²) in [4.78, 5) is 11.7. The molecular formula is C14H15NO2. The lowest BCUT2D eigenvalue weighted by Gasteiger charge is -2.25. The smallest absolute Gasteiger partial charge is 0.138 e. The molecule has 1 fully saturated rings. The molecule has 3 heteroatoms. The topological polar surface area (TPSA) is 61.1 Å². The van der Waals surface area contributed by atoms with Crippen molar-refractivity contribution in [3.8, 4) is 6.07 Å². The normalized spacial score (nSPS) is 21.9. The fourth-order valence-corrected chi connectivity index (χ4v) is 2.33. The van der Waals surface area contributed by atoms with Crippen LogP contribution in [0.15, 0.2) is 24.3 Å². The number of hydrogen-bond acceptors (Lipinski definition) is 3. The zero-order valence-electron chi connectivity index (χ0n) is 9.60. The Morgan fingerprint density at radius 1 is 1.29 bits per heavy atom. The number of rotatable bonds is 2. The van der Waals surface area contributed by atoms with Gasteiger partial charge in [0.25, 0.3) is 0 Å². The van der Waals surface area contributed by atoms with Gasteiger partial charge in [0.15, 0.2) is 0 Å². The van der Waals surface area contributed by atoms with Crippen LogP contribution in [0.5, 0.6) is 0 Å². The molecule has 1 N–H and O–H groups in total. The van der Waals surface area contributed by atoms with Crippen LogP contribution in [0, 0.1) is 17.2 Å². The quantitative estimate of drug-likeness (QED) is 0.846. The molecular weight excluding hydrogens is 214 g/mol. The van der Waals surface area contributed by atoms with Gasteiger partial charge >= 0.3 is 0 Å². The molecule has 1 aliphatic carbocycles. The first-order valence-electron chi connectivity index (χ1n) is 5.93. The van der Waals surface area contributed by atoms with Gasteiger partial charge in [-0.25, -0.2) is 0 Å². The number of aliphatic hydroxyl groups excluding tert-OH is 1. The highest BCUT2D eigenvalue weighted by atomic mass is 16.3. The minimum atomic E-state index is -0.726. The van der Waals surface area contributed by atoms with Crippen molar-refractivity contribution in [3.05, 3.63) is 35.4 Å². The summed E-state index contributed by atoms with van der Waals surface area (Å²) in [6, 6.07) is 8.83. The first kappa shape index (κ1) is 11.8. The van der Waals surface area contributed by atoms with E-state index in [1.54, 1.807) is 24.3 Å². The zero-order chi connectivity index (χ0) is 12.3. The number of aliphatic hydroxyl groups is 1. The van der Waals surface area contributed by atoms with Crippen molar-refractivity contribution < 1.29 is 9.90 Å². The summed E-state index contributed by atoms with van der Waals surface area (Å²) in [6.45, 7) is 0. The number of ketones is 1. The zero-order valence-corrected chi connectivity index (χ0v) is 9.60. The average Bonchev–Trinajstić information content (AvgIpc) is 2.39. The third-order valence-electron chi connectivity index (χ3n) is 3.36. The Balaban J connectivity index is 2.15. The molecule has 2 atom stereocenters. The molecule has 3 nitrogen and oxygen atoms in total. The van der Waals surface area contributed by atoms with Crippen LogP contribution >= 0.6 is 0 Å². The first-order chi connectivity index (χ1) is 8.22. The van der Waals surface area contributed by atoms with Crippen LogP contribution in [0.4, 0.5) is 0 Å². The Kier molecular flexibility index (Phi) is 3.55. The van der Waals surface area contributed by atoms with Crippen LogP contribution in [-0.4, -0.2) is 10.9 Å². The molecule has 0 saturated heterocycles. The summed E-state index contributed by atoms with van der Waals surface area (Å²) in [5, 5.41) is 18.9. The third-order valence-corrected chi connectivity index (χ3v) is 3.36. The summed E-state index contributed by atoms with van der Waals surface area (Å²) in [7, 11) is 0. The molecule has 0 heterocycles. The van der Waals surface area contributed by atoms with Gasteiger partial charge in [-0.3, -0.25) is 4.79 Å². The number of carbonyl (C=O) groups excluding carboxylic acids is 1. The van der Waals surface area contributed by atoms with Gasteiger partial charge in [0, 0.05) is 12.3 Å². The molecule has 1 aromatic carbocycles. The standard InChI is InChI=1S/C14H15NO2/c15-9-10-5-7-11(8-6-10)14(17)12-3-1-2-4-13(12)16/h5-8,12,14,17H,1-4H2/t12-,14-/m0/s1. The minimum absolute atomic E-state index is 0.160. The molecule has 0 amide bonds. The van der Waals surface area contributed by atoms with Crippen molar-refractivity contribution in [2.45, 2.75) is 31.8 Å². The van der Waals surface area contributed by atoms with Crippen molar-refractivity contribution in [2.24, 2.45) is 5.92 Å². The van der Waals surface area contributed by atoms with Gasteiger partial charge in [-0.05, 0) is 30.5 Å². The average molecular weight is 229 g/mol. The van der Waals surface area contributed by atoms with Crippen molar-refractivity contribution in [2.75, 3.05) is 0 Å². The molecule has 88 valence electrons. The van der Waals surface area contributed by atoms with Crippen LogP contribution in [0.25, 0.3) is 0 Å². The van der Waals surface area contributed by atoms with Crippen LogP contribution in [0.1, 0.15) is 42.9 Å². The highest BCUT2D eigenvalue weighted by molar-refractivity contribution is 5.82. The minimum Gasteiger partial charge on any atom is -0.388 e. The number of benzene rings is 1. The van der Waals surface area contributed by atoms with Gasteiger partial charge in [-0.15, -0.1) is 0 Å². The molecule has 1 aromatic rings. The lowest BCUT2D eigenvalue weighted by atomic mass is 9.81. The summed E-state index contributed by atoms with van der Waals surface area (Å²) in [6.07, 6.45) is 2.56. The van der Waals surface area contributed by atoms with Crippen molar-refractivity contribution in [1.82, 2.24) is 0 Å². The molecule has 1 aliphatic rings. The maximum Gasteiger partial charge on any atom is 0.138 e.